The molecule has 1 amide bonds. The van der Waals surface area contributed by atoms with Gasteiger partial charge in [-0.1, -0.05) is 424 Å². The number of allylic oxidation sites excluding steroid dienone is 2. The standard InChI is InChI=1S/C82H161NO5/c1-3-5-7-9-11-13-15-17-19-20-44-47-50-54-58-62-66-70-74-80(85)79(78-84)83-81(86)75-71-67-63-59-55-51-48-45-42-40-38-36-34-32-30-28-26-24-22-21-23-25-27-29-31-33-35-37-39-41-43-46-49-53-57-61-65-69-73-77-88-82(87)76-72-68-64-60-56-52-18-16-14-12-10-8-6-4-2/h16,18,79-80,84-85H,3-15,17,19-78H2,1-2H3,(H,83,86)/b18-16-. The molecule has 524 valence electrons. The van der Waals surface area contributed by atoms with E-state index in [4.69, 9.17) is 4.74 Å². The van der Waals surface area contributed by atoms with E-state index in [-0.39, 0.29) is 18.5 Å². The molecule has 0 aromatic carbocycles. The number of nitrogens with one attached hydrogen (secondary N) is 1. The number of carbonyl (C=O) groups is 2. The molecule has 0 aliphatic carbocycles. The van der Waals surface area contributed by atoms with E-state index in [9.17, 15) is 19.8 Å². The van der Waals surface area contributed by atoms with Crippen LogP contribution in [0.3, 0.4) is 0 Å². The third-order valence-electron chi connectivity index (χ3n) is 19.6. The predicted octanol–water partition coefficient (Wildman–Crippen LogP) is 27.1. The molecule has 0 saturated carbocycles. The number of hydrogen-bond acceptors (Lipinski definition) is 5. The molecule has 0 heterocycles. The normalized spacial score (nSPS) is 12.5. The number of unbranched alkanes of at least 4 members (excludes halogenated alkanes) is 65. The van der Waals surface area contributed by atoms with Crippen molar-refractivity contribution in [3.05, 3.63) is 12.2 Å². The maximum absolute atomic E-state index is 12.6. The van der Waals surface area contributed by atoms with Gasteiger partial charge in [-0.3, -0.25) is 9.59 Å². The molecule has 0 aromatic rings. The highest BCUT2D eigenvalue weighted by atomic mass is 16.5. The van der Waals surface area contributed by atoms with E-state index < -0.39 is 12.1 Å². The van der Waals surface area contributed by atoms with Crippen LogP contribution in [0.5, 0.6) is 0 Å². The van der Waals surface area contributed by atoms with Crippen LogP contribution >= 0.6 is 0 Å². The van der Waals surface area contributed by atoms with E-state index in [1.807, 2.05) is 0 Å². The SMILES string of the molecule is CCCCCCC/C=C\CCCCCCCC(=O)OCCCCCCCCCCCCCCCCCCCCCCCCCCCCCCCCCCCCCCCCCC(=O)NC(CO)C(O)CCCCCCCCCCCCCCCCCCCC. The fraction of sp³-hybridized carbons (Fsp3) is 0.951. The fourth-order valence-corrected chi connectivity index (χ4v) is 13.3. The van der Waals surface area contributed by atoms with Gasteiger partial charge in [0.2, 0.25) is 5.91 Å². The number of esters is 1. The zero-order chi connectivity index (χ0) is 63.5. The van der Waals surface area contributed by atoms with Crippen molar-refractivity contribution in [1.29, 1.82) is 0 Å². The molecule has 2 unspecified atom stereocenters. The predicted molar refractivity (Wildman–Crippen MR) is 389 cm³/mol. The lowest BCUT2D eigenvalue weighted by atomic mass is 10.0. The average molecular weight is 1240 g/mol. The van der Waals surface area contributed by atoms with Crippen LogP contribution in [-0.4, -0.2) is 47.4 Å². The van der Waals surface area contributed by atoms with Gasteiger partial charge in [0.25, 0.3) is 0 Å². The first kappa shape index (κ1) is 86.6. The van der Waals surface area contributed by atoms with Gasteiger partial charge in [-0.15, -0.1) is 0 Å². The summed E-state index contributed by atoms with van der Waals surface area (Å²) in [6.07, 6.45) is 99.0. The van der Waals surface area contributed by atoms with Gasteiger partial charge in [0, 0.05) is 12.8 Å². The Kier molecular flexibility index (Phi) is 76.8. The third kappa shape index (κ3) is 73.6. The van der Waals surface area contributed by atoms with Crippen LogP contribution in [0.4, 0.5) is 0 Å². The molecule has 2 atom stereocenters. The van der Waals surface area contributed by atoms with Crippen LogP contribution in [-0.2, 0) is 14.3 Å². The smallest absolute Gasteiger partial charge is 0.305 e. The van der Waals surface area contributed by atoms with Crippen LogP contribution in [0.1, 0.15) is 476 Å². The van der Waals surface area contributed by atoms with E-state index in [1.54, 1.807) is 0 Å². The van der Waals surface area contributed by atoms with E-state index in [0.717, 1.165) is 44.9 Å². The van der Waals surface area contributed by atoms with Crippen molar-refractivity contribution in [2.24, 2.45) is 0 Å². The monoisotopic (exact) mass is 1240 g/mol. The van der Waals surface area contributed by atoms with Gasteiger partial charge in [-0.25, -0.2) is 0 Å². The van der Waals surface area contributed by atoms with Gasteiger partial charge < -0.3 is 20.3 Å². The molecular weight excluding hydrogens is 1080 g/mol. The molecule has 3 N–H and O–H groups in total. The Balaban J connectivity index is 3.29. The van der Waals surface area contributed by atoms with Crippen LogP contribution in [0.15, 0.2) is 12.2 Å². The summed E-state index contributed by atoms with van der Waals surface area (Å²) in [4.78, 5) is 24.6. The molecule has 6 heteroatoms. The molecule has 0 aromatic heterocycles. The minimum absolute atomic E-state index is 0.0166. The Bertz CT molecular complexity index is 1340. The van der Waals surface area contributed by atoms with Crippen LogP contribution < -0.4 is 5.32 Å². The summed E-state index contributed by atoms with van der Waals surface area (Å²) in [5, 5.41) is 23.4. The molecule has 0 spiro atoms. The van der Waals surface area contributed by atoms with Crippen molar-refractivity contribution < 1.29 is 24.5 Å². The van der Waals surface area contributed by atoms with Crippen molar-refractivity contribution in [3.8, 4) is 0 Å². The van der Waals surface area contributed by atoms with Crippen molar-refractivity contribution >= 4 is 11.9 Å². The molecule has 88 heavy (non-hydrogen) atoms. The summed E-state index contributed by atoms with van der Waals surface area (Å²) >= 11 is 0. The van der Waals surface area contributed by atoms with Gasteiger partial charge in [0.05, 0.1) is 25.4 Å². The second kappa shape index (κ2) is 78.0. The topological polar surface area (TPSA) is 95.9 Å². The summed E-state index contributed by atoms with van der Waals surface area (Å²) < 4.78 is 5.50. The number of rotatable bonds is 78. The van der Waals surface area contributed by atoms with Crippen LogP contribution in [0, 0.1) is 0 Å². The van der Waals surface area contributed by atoms with E-state index >= 15 is 0 Å². The lowest BCUT2D eigenvalue weighted by Gasteiger charge is -2.22. The summed E-state index contributed by atoms with van der Waals surface area (Å²) in [6, 6.07) is -0.536. The van der Waals surface area contributed by atoms with Gasteiger partial charge in [-0.2, -0.15) is 0 Å². The number of ether oxygens (including phenoxy) is 1. The minimum atomic E-state index is -0.660. The maximum Gasteiger partial charge on any atom is 0.305 e. The molecule has 0 bridgehead atoms. The van der Waals surface area contributed by atoms with E-state index in [0.29, 0.717) is 25.9 Å². The molecule has 0 radical (unpaired) electrons. The largest absolute Gasteiger partial charge is 0.466 e. The number of aliphatic hydroxyl groups excluding tert-OH is 2. The summed E-state index contributed by atoms with van der Waals surface area (Å²) in [7, 11) is 0. The molecule has 0 fully saturated rings. The molecule has 6 nitrogen and oxygen atoms in total. The zero-order valence-electron chi connectivity index (χ0n) is 60.3. The van der Waals surface area contributed by atoms with Gasteiger partial charge in [0.1, 0.15) is 0 Å². The van der Waals surface area contributed by atoms with E-state index in [1.165, 1.54) is 398 Å². The van der Waals surface area contributed by atoms with Crippen molar-refractivity contribution in [1.82, 2.24) is 5.32 Å². The first-order valence-corrected chi connectivity index (χ1v) is 40.9. The molecule has 0 rings (SSSR count). The average Bonchev–Trinajstić information content (AvgIpc) is 3.58. The molecule has 0 aliphatic heterocycles. The Hall–Kier alpha value is -1.40. The minimum Gasteiger partial charge on any atom is -0.466 e. The van der Waals surface area contributed by atoms with Gasteiger partial charge >= 0.3 is 5.97 Å². The van der Waals surface area contributed by atoms with Crippen molar-refractivity contribution in [2.45, 2.75) is 488 Å². The van der Waals surface area contributed by atoms with Crippen molar-refractivity contribution in [3.63, 3.8) is 0 Å². The zero-order valence-corrected chi connectivity index (χ0v) is 60.3. The summed E-state index contributed by atoms with van der Waals surface area (Å²) in [5.74, 6) is -0.00717. The highest BCUT2D eigenvalue weighted by Crippen LogP contribution is 2.21. The lowest BCUT2D eigenvalue weighted by molar-refractivity contribution is -0.143. The maximum atomic E-state index is 12.6. The second-order valence-electron chi connectivity index (χ2n) is 28.5. The van der Waals surface area contributed by atoms with Gasteiger partial charge in [0.15, 0.2) is 0 Å². The number of hydrogen-bond donors (Lipinski definition) is 3. The summed E-state index contributed by atoms with van der Waals surface area (Å²) in [6.45, 7) is 5.00. The Labute approximate surface area is 552 Å². The van der Waals surface area contributed by atoms with Crippen LogP contribution in [0.2, 0.25) is 0 Å². The van der Waals surface area contributed by atoms with Gasteiger partial charge in [-0.05, 0) is 51.4 Å². The fourth-order valence-electron chi connectivity index (χ4n) is 13.3. The quantitative estimate of drug-likeness (QED) is 0.0320. The highest BCUT2D eigenvalue weighted by molar-refractivity contribution is 5.76. The summed E-state index contributed by atoms with van der Waals surface area (Å²) in [5.41, 5.74) is 0. The van der Waals surface area contributed by atoms with Crippen molar-refractivity contribution in [2.75, 3.05) is 13.2 Å². The number of amides is 1. The lowest BCUT2D eigenvalue weighted by Crippen LogP contribution is -2.45. The van der Waals surface area contributed by atoms with Crippen LogP contribution in [0.25, 0.3) is 0 Å². The second-order valence-corrected chi connectivity index (χ2v) is 28.5. The van der Waals surface area contributed by atoms with E-state index in [2.05, 4.69) is 31.3 Å². The first-order valence-electron chi connectivity index (χ1n) is 40.9. The Morgan fingerprint density at radius 3 is 0.807 bits per heavy atom. The highest BCUT2D eigenvalue weighted by Gasteiger charge is 2.20. The Morgan fingerprint density at radius 2 is 0.534 bits per heavy atom. The number of carbonyl (C=O) groups excluding carboxylic acids is 2. The molecule has 0 saturated heterocycles. The number of aliphatic hydroxyl groups is 2. The molecule has 0 aliphatic rings. The molecular formula is C82H161NO5. The third-order valence-corrected chi connectivity index (χ3v) is 19.6. The first-order chi connectivity index (χ1) is 43.5. The Morgan fingerprint density at radius 1 is 0.307 bits per heavy atom.